The van der Waals surface area contributed by atoms with Crippen molar-refractivity contribution < 1.29 is 18.0 Å². The number of amides is 1. The number of carbonyl (C=O) groups excluding carboxylic acids is 1. The Kier molecular flexibility index (Phi) is 6.05. The van der Waals surface area contributed by atoms with Gasteiger partial charge in [0.15, 0.2) is 17.5 Å². The highest BCUT2D eigenvalue weighted by Gasteiger charge is 2.14. The molecule has 1 amide bonds. The van der Waals surface area contributed by atoms with Crippen LogP contribution in [0.1, 0.15) is 42.6 Å². The first-order chi connectivity index (χ1) is 13.0. The highest BCUT2D eigenvalue weighted by Crippen LogP contribution is 2.22. The Balaban J connectivity index is 1.56. The Hall–Kier alpha value is -2.90. The van der Waals surface area contributed by atoms with E-state index in [0.29, 0.717) is 6.54 Å². The molecular weight excluding hydrogens is 357 g/mol. The van der Waals surface area contributed by atoms with Gasteiger partial charge in [-0.1, -0.05) is 11.6 Å². The lowest BCUT2D eigenvalue weighted by molar-refractivity contribution is 0.0948. The molecule has 142 valence electrons. The van der Waals surface area contributed by atoms with E-state index in [1.54, 1.807) is 0 Å². The van der Waals surface area contributed by atoms with Gasteiger partial charge in [-0.25, -0.2) is 23.1 Å². The van der Waals surface area contributed by atoms with Gasteiger partial charge in [0.05, 0.1) is 18.1 Å². The molecule has 0 spiro atoms. The summed E-state index contributed by atoms with van der Waals surface area (Å²) in [5, 5.41) is 5.28. The van der Waals surface area contributed by atoms with Gasteiger partial charge >= 0.3 is 0 Å². The number of hydrogen-bond acceptors (Lipinski definition) is 4. The molecule has 0 bridgehead atoms. The minimum Gasteiger partial charge on any atom is -0.350 e. The molecule has 1 heterocycles. The molecule has 0 atom stereocenters. The summed E-state index contributed by atoms with van der Waals surface area (Å²) in [7, 11) is 0. The van der Waals surface area contributed by atoms with Crippen molar-refractivity contribution in [2.24, 2.45) is 0 Å². The van der Waals surface area contributed by atoms with E-state index in [1.807, 2.05) is 0 Å². The van der Waals surface area contributed by atoms with Crippen molar-refractivity contribution in [1.82, 2.24) is 15.3 Å². The average molecular weight is 376 g/mol. The molecule has 1 aliphatic rings. The SMILES string of the molecule is O=C(NCCC1=CCCCC1)c1cnc(Nc2ccc(F)c(F)c2F)cn1. The van der Waals surface area contributed by atoms with Gasteiger partial charge in [0.1, 0.15) is 11.5 Å². The summed E-state index contributed by atoms with van der Waals surface area (Å²) in [6.07, 6.45) is 10.1. The van der Waals surface area contributed by atoms with Crippen molar-refractivity contribution >= 4 is 17.4 Å². The van der Waals surface area contributed by atoms with Gasteiger partial charge < -0.3 is 10.6 Å². The minimum atomic E-state index is -1.57. The molecule has 0 radical (unpaired) electrons. The predicted molar refractivity (Wildman–Crippen MR) is 95.1 cm³/mol. The smallest absolute Gasteiger partial charge is 0.271 e. The summed E-state index contributed by atoms with van der Waals surface area (Å²) in [5.74, 6) is -4.46. The number of carbonyl (C=O) groups is 1. The van der Waals surface area contributed by atoms with Crippen molar-refractivity contribution in [2.75, 3.05) is 11.9 Å². The zero-order valence-electron chi connectivity index (χ0n) is 14.6. The van der Waals surface area contributed by atoms with Crippen LogP contribution < -0.4 is 10.6 Å². The standard InChI is InChI=1S/C19H19F3N4O/c20-13-6-7-14(18(22)17(13)21)26-16-11-24-15(10-25-16)19(27)23-9-8-12-4-2-1-3-5-12/h4,6-7,10-11H,1-3,5,8-9H2,(H,23,27)(H,25,26). The Labute approximate surface area is 154 Å². The molecule has 1 aromatic heterocycles. The third-order valence-electron chi connectivity index (χ3n) is 4.30. The van der Waals surface area contributed by atoms with E-state index in [1.165, 1.54) is 30.8 Å². The monoisotopic (exact) mass is 376 g/mol. The predicted octanol–water partition coefficient (Wildman–Crippen LogP) is 4.26. The molecule has 1 aromatic carbocycles. The van der Waals surface area contributed by atoms with Crippen LogP contribution in [0.15, 0.2) is 36.2 Å². The fourth-order valence-electron chi connectivity index (χ4n) is 2.83. The molecule has 0 fully saturated rings. The summed E-state index contributed by atoms with van der Waals surface area (Å²) in [4.78, 5) is 20.0. The quantitative estimate of drug-likeness (QED) is 0.584. The Morgan fingerprint density at radius 2 is 1.93 bits per heavy atom. The molecule has 0 saturated carbocycles. The summed E-state index contributed by atoms with van der Waals surface area (Å²) in [6.45, 7) is 0.520. The van der Waals surface area contributed by atoms with E-state index in [0.717, 1.165) is 31.4 Å². The van der Waals surface area contributed by atoms with Crippen LogP contribution in [0.4, 0.5) is 24.7 Å². The van der Waals surface area contributed by atoms with E-state index in [4.69, 9.17) is 0 Å². The van der Waals surface area contributed by atoms with Crippen LogP contribution in [0.2, 0.25) is 0 Å². The zero-order chi connectivity index (χ0) is 19.2. The zero-order valence-corrected chi connectivity index (χ0v) is 14.6. The molecular formula is C19H19F3N4O. The van der Waals surface area contributed by atoms with Gasteiger partial charge in [0, 0.05) is 6.54 Å². The van der Waals surface area contributed by atoms with E-state index < -0.39 is 17.5 Å². The van der Waals surface area contributed by atoms with Gasteiger partial charge in [-0.05, 0) is 44.2 Å². The van der Waals surface area contributed by atoms with Crippen LogP contribution in [0, 0.1) is 17.5 Å². The molecule has 1 aliphatic carbocycles. The molecule has 0 saturated heterocycles. The topological polar surface area (TPSA) is 66.9 Å². The molecule has 2 N–H and O–H groups in total. The molecule has 3 rings (SSSR count). The number of nitrogens with one attached hydrogen (secondary N) is 2. The third-order valence-corrected chi connectivity index (χ3v) is 4.30. The molecule has 0 unspecified atom stereocenters. The van der Waals surface area contributed by atoms with Crippen molar-refractivity contribution in [3.05, 3.63) is 59.3 Å². The maximum atomic E-state index is 13.7. The Morgan fingerprint density at radius 3 is 2.63 bits per heavy atom. The van der Waals surface area contributed by atoms with Gasteiger partial charge in [0.25, 0.3) is 5.91 Å². The number of hydrogen-bond donors (Lipinski definition) is 2. The molecule has 8 heteroatoms. The normalized spacial score (nSPS) is 13.8. The second kappa shape index (κ2) is 8.66. The van der Waals surface area contributed by atoms with Crippen LogP contribution in [-0.2, 0) is 0 Å². The number of halogens is 3. The fourth-order valence-corrected chi connectivity index (χ4v) is 2.83. The van der Waals surface area contributed by atoms with Gasteiger partial charge in [-0.3, -0.25) is 4.79 Å². The lowest BCUT2D eigenvalue weighted by Gasteiger charge is -2.12. The lowest BCUT2D eigenvalue weighted by Crippen LogP contribution is -2.26. The van der Waals surface area contributed by atoms with E-state index in [9.17, 15) is 18.0 Å². The maximum Gasteiger partial charge on any atom is 0.271 e. The number of benzene rings is 1. The van der Waals surface area contributed by atoms with Crippen LogP contribution in [-0.4, -0.2) is 22.4 Å². The number of rotatable bonds is 6. The highest BCUT2D eigenvalue weighted by molar-refractivity contribution is 5.92. The van der Waals surface area contributed by atoms with E-state index in [-0.39, 0.29) is 23.1 Å². The van der Waals surface area contributed by atoms with Crippen molar-refractivity contribution in [2.45, 2.75) is 32.1 Å². The first kappa shape index (κ1) is 18.9. The van der Waals surface area contributed by atoms with Crippen LogP contribution >= 0.6 is 0 Å². The second-order valence-corrected chi connectivity index (χ2v) is 6.25. The van der Waals surface area contributed by atoms with E-state index in [2.05, 4.69) is 26.7 Å². The summed E-state index contributed by atoms with van der Waals surface area (Å²) in [6, 6.07) is 1.85. The van der Waals surface area contributed by atoms with Crippen LogP contribution in [0.5, 0.6) is 0 Å². The van der Waals surface area contributed by atoms with Gasteiger partial charge in [0.2, 0.25) is 0 Å². The third kappa shape index (κ3) is 4.84. The largest absolute Gasteiger partial charge is 0.350 e. The average Bonchev–Trinajstić information content (AvgIpc) is 2.70. The summed E-state index contributed by atoms with van der Waals surface area (Å²) < 4.78 is 39.8. The molecule has 5 nitrogen and oxygen atoms in total. The highest BCUT2D eigenvalue weighted by atomic mass is 19.2. The summed E-state index contributed by atoms with van der Waals surface area (Å²) in [5.41, 5.74) is 1.20. The van der Waals surface area contributed by atoms with Gasteiger partial charge in [-0.15, -0.1) is 0 Å². The number of allylic oxidation sites excluding steroid dienone is 1. The number of anilines is 2. The van der Waals surface area contributed by atoms with Crippen LogP contribution in [0.3, 0.4) is 0 Å². The van der Waals surface area contributed by atoms with Gasteiger partial charge in [-0.2, -0.15) is 0 Å². The Morgan fingerprint density at radius 1 is 1.07 bits per heavy atom. The second-order valence-electron chi connectivity index (χ2n) is 6.25. The van der Waals surface area contributed by atoms with Crippen molar-refractivity contribution in [3.8, 4) is 0 Å². The summed E-state index contributed by atoms with van der Waals surface area (Å²) >= 11 is 0. The lowest BCUT2D eigenvalue weighted by atomic mass is 9.97. The number of aromatic nitrogens is 2. The van der Waals surface area contributed by atoms with Crippen molar-refractivity contribution in [1.29, 1.82) is 0 Å². The first-order valence-electron chi connectivity index (χ1n) is 8.73. The van der Waals surface area contributed by atoms with Crippen LogP contribution in [0.25, 0.3) is 0 Å². The van der Waals surface area contributed by atoms with E-state index >= 15 is 0 Å². The molecule has 2 aromatic rings. The maximum absolute atomic E-state index is 13.7. The molecule has 27 heavy (non-hydrogen) atoms. The Bertz CT molecular complexity index is 853. The number of nitrogens with zero attached hydrogens (tertiary/aromatic N) is 2. The first-order valence-corrected chi connectivity index (χ1v) is 8.73. The minimum absolute atomic E-state index is 0.101. The molecule has 0 aliphatic heterocycles. The van der Waals surface area contributed by atoms with Crippen molar-refractivity contribution in [3.63, 3.8) is 0 Å². The fraction of sp³-hybridized carbons (Fsp3) is 0.316.